The number of carbonyl (C=O) groups excluding carboxylic acids is 2. The number of nitrogens with one attached hydrogen (secondary N) is 1. The summed E-state index contributed by atoms with van der Waals surface area (Å²) in [5.41, 5.74) is 4.84. The Bertz CT molecular complexity index is 1940. The molecule has 0 saturated heterocycles. The van der Waals surface area contributed by atoms with Gasteiger partial charge in [0.25, 0.3) is 11.5 Å². The molecule has 0 unspecified atom stereocenters. The summed E-state index contributed by atoms with van der Waals surface area (Å²) in [7, 11) is 1.51. The largest absolute Gasteiger partial charge is 0.493 e. The molecule has 5 rings (SSSR count). The molecule has 4 aromatic rings. The highest BCUT2D eigenvalue weighted by molar-refractivity contribution is 7.07. The minimum Gasteiger partial charge on any atom is -0.493 e. The number of fused-ring (bicyclic) bond motifs is 1. The minimum atomic E-state index is -0.677. The minimum absolute atomic E-state index is 0.205. The van der Waals surface area contributed by atoms with Crippen LogP contribution >= 0.6 is 11.3 Å². The quantitative estimate of drug-likeness (QED) is 0.281. The predicted octanol–water partition coefficient (Wildman–Crippen LogP) is 4.44. The van der Waals surface area contributed by atoms with Crippen LogP contribution < -0.4 is 29.7 Å². The number of allylic oxidation sites excluding steroid dienone is 1. The van der Waals surface area contributed by atoms with Gasteiger partial charge in [-0.2, -0.15) is 0 Å². The number of ether oxygens (including phenoxy) is 3. The van der Waals surface area contributed by atoms with Gasteiger partial charge in [-0.25, -0.2) is 9.79 Å². The van der Waals surface area contributed by atoms with E-state index in [1.807, 2.05) is 62.4 Å². The fraction of sp³-hybridized carbons (Fsp3) is 0.235. The number of hydrogen-bond acceptors (Lipinski definition) is 8. The number of benzene rings is 3. The number of aromatic nitrogens is 1. The summed E-state index contributed by atoms with van der Waals surface area (Å²) in [6, 6.07) is 19.8. The average molecular weight is 612 g/mol. The zero-order valence-corrected chi connectivity index (χ0v) is 26.0. The highest BCUT2D eigenvalue weighted by Gasteiger charge is 2.33. The number of methoxy groups -OCH3 is 1. The van der Waals surface area contributed by atoms with Crippen LogP contribution in [0.4, 0.5) is 5.69 Å². The number of nitrogens with zero attached hydrogens (tertiary/aromatic N) is 2. The summed E-state index contributed by atoms with van der Waals surface area (Å²) in [4.78, 5) is 44.5. The van der Waals surface area contributed by atoms with Crippen LogP contribution in [0.1, 0.15) is 42.1 Å². The fourth-order valence-corrected chi connectivity index (χ4v) is 6.01. The fourth-order valence-electron chi connectivity index (χ4n) is 4.96. The molecule has 44 heavy (non-hydrogen) atoms. The smallest absolute Gasteiger partial charge is 0.338 e. The van der Waals surface area contributed by atoms with Crippen LogP contribution in [0.15, 0.2) is 87.8 Å². The summed E-state index contributed by atoms with van der Waals surface area (Å²) in [5, 5.41) is 2.81. The van der Waals surface area contributed by atoms with Gasteiger partial charge in [0, 0.05) is 5.69 Å². The van der Waals surface area contributed by atoms with E-state index >= 15 is 0 Å². The first-order valence-electron chi connectivity index (χ1n) is 14.1. The third-order valence-corrected chi connectivity index (χ3v) is 8.04. The molecule has 1 atom stereocenters. The number of hydrogen-bond donors (Lipinski definition) is 1. The van der Waals surface area contributed by atoms with Crippen LogP contribution in [0.5, 0.6) is 11.5 Å². The van der Waals surface area contributed by atoms with E-state index in [4.69, 9.17) is 14.2 Å². The van der Waals surface area contributed by atoms with Gasteiger partial charge in [-0.05, 0) is 74.7 Å². The molecule has 1 aromatic heterocycles. The van der Waals surface area contributed by atoms with Crippen molar-refractivity contribution >= 4 is 35.0 Å². The molecular formula is C34H33N3O6S. The number of carbonyl (C=O) groups is 2. The molecule has 1 amide bonds. The Hall–Kier alpha value is -4.96. The van der Waals surface area contributed by atoms with Crippen molar-refractivity contribution in [2.75, 3.05) is 25.6 Å². The molecule has 1 N–H and O–H groups in total. The lowest BCUT2D eigenvalue weighted by molar-refractivity contribution is -0.139. The van der Waals surface area contributed by atoms with Crippen LogP contribution in [0.2, 0.25) is 0 Å². The van der Waals surface area contributed by atoms with Crippen molar-refractivity contribution in [1.82, 2.24) is 4.57 Å². The first kappa shape index (κ1) is 30.5. The van der Waals surface area contributed by atoms with E-state index in [0.29, 0.717) is 43.4 Å². The molecule has 1 aliphatic heterocycles. The third-order valence-electron chi connectivity index (χ3n) is 7.06. The van der Waals surface area contributed by atoms with Crippen molar-refractivity contribution in [2.24, 2.45) is 4.99 Å². The van der Waals surface area contributed by atoms with Crippen molar-refractivity contribution in [3.8, 4) is 11.5 Å². The maximum atomic E-state index is 13.9. The summed E-state index contributed by atoms with van der Waals surface area (Å²) < 4.78 is 18.6. The highest BCUT2D eigenvalue weighted by Crippen LogP contribution is 2.31. The first-order chi connectivity index (χ1) is 21.2. The van der Waals surface area contributed by atoms with Crippen molar-refractivity contribution in [1.29, 1.82) is 0 Å². The highest BCUT2D eigenvalue weighted by atomic mass is 32.1. The van der Waals surface area contributed by atoms with Crippen LogP contribution in [0, 0.1) is 13.8 Å². The predicted molar refractivity (Wildman–Crippen MR) is 170 cm³/mol. The molecule has 1 aliphatic rings. The van der Waals surface area contributed by atoms with Crippen LogP contribution in [-0.4, -0.2) is 36.8 Å². The van der Waals surface area contributed by atoms with Gasteiger partial charge in [0.2, 0.25) is 0 Å². The van der Waals surface area contributed by atoms with Gasteiger partial charge in [-0.15, -0.1) is 0 Å². The van der Waals surface area contributed by atoms with Gasteiger partial charge in [0.1, 0.15) is 0 Å². The number of aryl methyl sites for hydroxylation is 2. The Morgan fingerprint density at radius 3 is 2.48 bits per heavy atom. The van der Waals surface area contributed by atoms with E-state index in [1.165, 1.54) is 18.4 Å². The zero-order chi connectivity index (χ0) is 31.4. The first-order valence-corrected chi connectivity index (χ1v) is 14.9. The second kappa shape index (κ2) is 13.1. The lowest BCUT2D eigenvalue weighted by atomic mass is 9.95. The number of thiazole rings is 1. The second-order valence-electron chi connectivity index (χ2n) is 10.3. The van der Waals surface area contributed by atoms with E-state index in [0.717, 1.165) is 16.7 Å². The van der Waals surface area contributed by atoms with Crippen molar-refractivity contribution in [2.45, 2.75) is 33.7 Å². The van der Waals surface area contributed by atoms with E-state index < -0.39 is 12.0 Å². The third kappa shape index (κ3) is 6.50. The Kier molecular flexibility index (Phi) is 9.10. The van der Waals surface area contributed by atoms with Gasteiger partial charge in [-0.3, -0.25) is 14.2 Å². The van der Waals surface area contributed by atoms with E-state index in [1.54, 1.807) is 42.7 Å². The molecule has 226 valence electrons. The Balaban J connectivity index is 1.45. The maximum absolute atomic E-state index is 13.9. The van der Waals surface area contributed by atoms with Crippen molar-refractivity contribution < 1.29 is 23.8 Å². The van der Waals surface area contributed by atoms with Crippen LogP contribution in [-0.2, 0) is 14.3 Å². The maximum Gasteiger partial charge on any atom is 0.338 e. The Morgan fingerprint density at radius 2 is 1.77 bits per heavy atom. The molecule has 3 aromatic carbocycles. The van der Waals surface area contributed by atoms with E-state index in [2.05, 4.69) is 10.3 Å². The molecule has 0 fully saturated rings. The summed E-state index contributed by atoms with van der Waals surface area (Å²) in [6.45, 7) is 7.44. The summed E-state index contributed by atoms with van der Waals surface area (Å²) >= 11 is 1.24. The van der Waals surface area contributed by atoms with E-state index in [9.17, 15) is 14.4 Å². The Labute approximate surface area is 258 Å². The lowest BCUT2D eigenvalue weighted by Crippen LogP contribution is -2.39. The number of esters is 1. The molecule has 0 aliphatic carbocycles. The number of rotatable bonds is 9. The topological polar surface area (TPSA) is 108 Å². The van der Waals surface area contributed by atoms with Crippen LogP contribution in [0.3, 0.4) is 0 Å². The van der Waals surface area contributed by atoms with Gasteiger partial charge in [0.15, 0.2) is 22.9 Å². The van der Waals surface area contributed by atoms with Crippen LogP contribution in [0.25, 0.3) is 6.08 Å². The standard InChI is InChI=1S/C34H33N3O6S/c1-6-42-33(40)30-22(4)35-34-37(31(30)24-13-10-20(2)11-14-24)32(39)28(44-34)18-23-12-15-26(27(17-23)41-5)43-19-29(38)36-25-9-7-8-21(3)16-25/h7-18,31H,6,19H2,1-5H3,(H,36,38)/b28-18-/t31-/m0/s1. The average Bonchev–Trinajstić information content (AvgIpc) is 3.30. The van der Waals surface area contributed by atoms with Gasteiger partial charge in [0.05, 0.1) is 35.6 Å². The van der Waals surface area contributed by atoms with Gasteiger partial charge >= 0.3 is 5.97 Å². The molecule has 0 spiro atoms. The molecule has 10 heteroatoms. The number of amides is 1. The molecular weight excluding hydrogens is 578 g/mol. The van der Waals surface area contributed by atoms with Crippen molar-refractivity contribution in [3.63, 3.8) is 0 Å². The Morgan fingerprint density at radius 1 is 1.00 bits per heavy atom. The second-order valence-corrected chi connectivity index (χ2v) is 11.3. The molecule has 2 heterocycles. The van der Waals surface area contributed by atoms with Gasteiger partial charge < -0.3 is 19.5 Å². The zero-order valence-electron chi connectivity index (χ0n) is 25.2. The summed E-state index contributed by atoms with van der Waals surface area (Å²) in [6.07, 6.45) is 1.75. The molecule has 0 bridgehead atoms. The van der Waals surface area contributed by atoms with Gasteiger partial charge in [-0.1, -0.05) is 59.4 Å². The normalized spacial score (nSPS) is 14.5. The SMILES string of the molecule is CCOC(=O)C1=C(C)N=c2s/c(=C\c3ccc(OCC(=O)Nc4cccc(C)c4)c(OC)c3)c(=O)n2[C@H]1c1ccc(C)cc1. The molecule has 0 radical (unpaired) electrons. The molecule has 9 nitrogen and oxygen atoms in total. The number of anilines is 1. The van der Waals surface area contributed by atoms with E-state index in [-0.39, 0.29) is 24.7 Å². The van der Waals surface area contributed by atoms with Crippen molar-refractivity contribution in [3.05, 3.63) is 120 Å². The molecule has 0 saturated carbocycles. The summed E-state index contributed by atoms with van der Waals surface area (Å²) in [5.74, 6) is -0.00243. The lowest BCUT2D eigenvalue weighted by Gasteiger charge is -2.24. The monoisotopic (exact) mass is 611 g/mol.